The van der Waals surface area contributed by atoms with Gasteiger partial charge >= 0.3 is 5.97 Å². The number of carbonyl (C=O) groups is 1. The number of aromatic nitrogens is 2. The van der Waals surface area contributed by atoms with Gasteiger partial charge in [-0.1, -0.05) is 36.8 Å². The number of rotatable bonds is 3. The lowest BCUT2D eigenvalue weighted by atomic mass is 9.91. The second-order valence-corrected chi connectivity index (χ2v) is 14.8. The zero-order valence-electron chi connectivity index (χ0n) is 28.9. The van der Waals surface area contributed by atoms with E-state index < -0.39 is 17.7 Å². The smallest absolute Gasteiger partial charge is 0.337 e. The molecule has 1 N–H and O–H groups in total. The zero-order valence-corrected chi connectivity index (χ0v) is 28.9. The quantitative estimate of drug-likeness (QED) is 0.241. The maximum absolute atomic E-state index is 12.9. The van der Waals surface area contributed by atoms with E-state index in [0.717, 1.165) is 83.7 Å². The number of piperidine rings is 1. The van der Waals surface area contributed by atoms with Crippen LogP contribution < -0.4 is 9.64 Å². The summed E-state index contributed by atoms with van der Waals surface area (Å²) in [5.41, 5.74) is 7.42. The summed E-state index contributed by atoms with van der Waals surface area (Å²) in [4.78, 5) is 15.2. The Morgan fingerprint density at radius 2 is 1.83 bits per heavy atom. The molecule has 8 nitrogen and oxygen atoms in total. The van der Waals surface area contributed by atoms with Crippen molar-refractivity contribution in [2.45, 2.75) is 91.5 Å². The standard InChI is InChI=1S/C39H49N3O5/c1-25-13-14-33-30(20-25)28-11-8-12-29(21-28)31-22-32-35(34(27(3)23-42(32)40-31)36(37(43)44)47-38(4,5)6)41-17-15-39(7,16-18-41)46-19-9-10-26(2)24-45-33/h8,11-14,20-23,26,36H,9-10,15-19,24H2,1-7H3,(H,43,44)/t26-,36+/m1/s1. The van der Waals surface area contributed by atoms with Gasteiger partial charge in [0.15, 0.2) is 6.10 Å². The third-order valence-electron chi connectivity index (χ3n) is 9.49. The third-order valence-corrected chi connectivity index (χ3v) is 9.49. The van der Waals surface area contributed by atoms with Gasteiger partial charge < -0.3 is 24.2 Å². The molecule has 6 bridgehead atoms. The molecule has 4 aromatic rings. The van der Waals surface area contributed by atoms with Crippen LogP contribution in [0.25, 0.3) is 27.9 Å². The van der Waals surface area contributed by atoms with E-state index in [9.17, 15) is 9.90 Å². The van der Waals surface area contributed by atoms with E-state index in [4.69, 9.17) is 19.3 Å². The molecular weight excluding hydrogens is 590 g/mol. The van der Waals surface area contributed by atoms with E-state index in [1.54, 1.807) is 0 Å². The molecule has 2 atom stereocenters. The summed E-state index contributed by atoms with van der Waals surface area (Å²) in [5, 5.41) is 15.6. The van der Waals surface area contributed by atoms with Crippen LogP contribution in [0.4, 0.5) is 5.69 Å². The normalized spacial score (nSPS) is 21.3. The van der Waals surface area contributed by atoms with Gasteiger partial charge in [0.05, 0.1) is 34.7 Å². The zero-order chi connectivity index (χ0) is 33.5. The fourth-order valence-corrected chi connectivity index (χ4v) is 6.89. The average Bonchev–Trinajstić information content (AvgIpc) is 3.44. The van der Waals surface area contributed by atoms with Crippen molar-refractivity contribution in [2.24, 2.45) is 5.92 Å². The molecule has 2 aromatic heterocycles. The number of carboxylic acid groups (broad SMARTS) is 1. The minimum atomic E-state index is -1.13. The number of fused-ring (bicyclic) bond motifs is 8. The summed E-state index contributed by atoms with van der Waals surface area (Å²) in [6.45, 7) is 17.0. The number of hydrogen-bond donors (Lipinski definition) is 1. The summed E-state index contributed by atoms with van der Waals surface area (Å²) in [6, 6.07) is 16.9. The van der Waals surface area contributed by atoms with Crippen molar-refractivity contribution in [2.75, 3.05) is 31.2 Å². The second kappa shape index (κ2) is 13.0. The van der Waals surface area contributed by atoms with Gasteiger partial charge in [-0.3, -0.25) is 0 Å². The first-order valence-corrected chi connectivity index (χ1v) is 17.0. The molecule has 3 aliphatic heterocycles. The largest absolute Gasteiger partial charge is 0.493 e. The van der Waals surface area contributed by atoms with Crippen LogP contribution in [0.2, 0.25) is 0 Å². The minimum absolute atomic E-state index is 0.242. The number of pyridine rings is 1. The van der Waals surface area contributed by atoms with Crippen LogP contribution in [0, 0.1) is 19.8 Å². The van der Waals surface area contributed by atoms with Gasteiger partial charge in [-0.2, -0.15) is 5.10 Å². The van der Waals surface area contributed by atoms with Gasteiger partial charge in [-0.05, 0) is 109 Å². The Balaban J connectivity index is 1.53. The molecule has 2 aromatic carbocycles. The van der Waals surface area contributed by atoms with Crippen molar-refractivity contribution < 1.29 is 24.1 Å². The van der Waals surface area contributed by atoms with Crippen LogP contribution in [-0.4, -0.2) is 58.2 Å². The van der Waals surface area contributed by atoms with Crippen LogP contribution in [0.15, 0.2) is 54.7 Å². The first-order chi connectivity index (χ1) is 22.3. The van der Waals surface area contributed by atoms with Crippen molar-refractivity contribution >= 4 is 17.2 Å². The van der Waals surface area contributed by atoms with Crippen molar-refractivity contribution in [1.29, 1.82) is 0 Å². The Hall–Kier alpha value is -3.88. The molecule has 250 valence electrons. The average molecular weight is 640 g/mol. The van der Waals surface area contributed by atoms with E-state index in [-0.39, 0.29) is 5.60 Å². The van der Waals surface area contributed by atoms with E-state index in [2.05, 4.69) is 74.2 Å². The highest BCUT2D eigenvalue weighted by Gasteiger charge is 2.37. The predicted molar refractivity (Wildman–Crippen MR) is 186 cm³/mol. The molecule has 0 aliphatic carbocycles. The van der Waals surface area contributed by atoms with Gasteiger partial charge in [0.1, 0.15) is 5.75 Å². The fraction of sp³-hybridized carbons (Fsp3) is 0.487. The maximum atomic E-state index is 12.9. The van der Waals surface area contributed by atoms with E-state index in [1.807, 2.05) is 38.4 Å². The molecule has 0 spiro atoms. The van der Waals surface area contributed by atoms with Gasteiger partial charge in [0, 0.05) is 42.6 Å². The van der Waals surface area contributed by atoms with Gasteiger partial charge in [-0.15, -0.1) is 0 Å². The third kappa shape index (κ3) is 7.19. The van der Waals surface area contributed by atoms with Crippen LogP contribution in [0.3, 0.4) is 0 Å². The van der Waals surface area contributed by atoms with Crippen LogP contribution in [-0.2, 0) is 14.3 Å². The first kappa shape index (κ1) is 33.0. The monoisotopic (exact) mass is 639 g/mol. The van der Waals surface area contributed by atoms with Crippen LogP contribution >= 0.6 is 0 Å². The van der Waals surface area contributed by atoms with Crippen LogP contribution in [0.1, 0.15) is 83.1 Å². The molecule has 0 radical (unpaired) electrons. The molecule has 7 rings (SSSR count). The second-order valence-electron chi connectivity index (χ2n) is 14.8. The highest BCUT2D eigenvalue weighted by atomic mass is 16.5. The lowest BCUT2D eigenvalue weighted by Gasteiger charge is -2.42. The molecule has 8 heteroatoms. The SMILES string of the molecule is Cc1ccc2c(c1)-c1cccc(c1)-c1cc3c(c([C@H](OC(C)(C)C)C(=O)O)c(C)cn3n1)N1CCC(C)(CC1)OCCC[C@@H](C)CO2. The Kier molecular flexibility index (Phi) is 9.11. The number of hydrogen-bond acceptors (Lipinski definition) is 6. The number of anilines is 1. The van der Waals surface area contributed by atoms with Crippen molar-refractivity contribution in [3.05, 3.63) is 71.4 Å². The highest BCUT2D eigenvalue weighted by Crippen LogP contribution is 2.42. The van der Waals surface area contributed by atoms with E-state index in [1.165, 1.54) is 5.56 Å². The number of carboxylic acids is 1. The number of aliphatic carboxylic acids is 1. The minimum Gasteiger partial charge on any atom is -0.493 e. The molecule has 5 heterocycles. The van der Waals surface area contributed by atoms with Crippen molar-refractivity contribution in [1.82, 2.24) is 9.61 Å². The first-order valence-electron chi connectivity index (χ1n) is 17.0. The summed E-state index contributed by atoms with van der Waals surface area (Å²) in [7, 11) is 0. The fourth-order valence-electron chi connectivity index (χ4n) is 6.89. The lowest BCUT2D eigenvalue weighted by molar-refractivity contribution is -0.160. The molecule has 1 fully saturated rings. The Morgan fingerprint density at radius 3 is 2.55 bits per heavy atom. The summed E-state index contributed by atoms with van der Waals surface area (Å²) < 4.78 is 21.2. The number of aryl methyl sites for hydroxylation is 2. The number of ether oxygens (including phenoxy) is 3. The lowest BCUT2D eigenvalue weighted by Crippen LogP contribution is -2.45. The number of nitrogens with zero attached hydrogens (tertiary/aromatic N) is 3. The molecule has 0 amide bonds. The number of benzene rings is 2. The van der Waals surface area contributed by atoms with Gasteiger partial charge in [-0.25, -0.2) is 9.31 Å². The molecule has 47 heavy (non-hydrogen) atoms. The molecule has 0 saturated carbocycles. The topological polar surface area (TPSA) is 85.5 Å². The summed E-state index contributed by atoms with van der Waals surface area (Å²) in [5.74, 6) is 0.264. The molecule has 3 aliphatic rings. The summed E-state index contributed by atoms with van der Waals surface area (Å²) in [6.07, 6.45) is 4.47. The van der Waals surface area contributed by atoms with E-state index in [0.29, 0.717) is 24.7 Å². The predicted octanol–water partition coefficient (Wildman–Crippen LogP) is 8.41. The Bertz CT molecular complexity index is 1760. The molecular formula is C39H49N3O5. The van der Waals surface area contributed by atoms with Crippen molar-refractivity contribution in [3.8, 4) is 28.1 Å². The van der Waals surface area contributed by atoms with Crippen molar-refractivity contribution in [3.63, 3.8) is 0 Å². The van der Waals surface area contributed by atoms with Crippen LogP contribution in [0.5, 0.6) is 5.75 Å². The van der Waals surface area contributed by atoms with E-state index >= 15 is 0 Å². The van der Waals surface area contributed by atoms with Gasteiger partial charge in [0.2, 0.25) is 0 Å². The Labute approximate surface area is 278 Å². The summed E-state index contributed by atoms with van der Waals surface area (Å²) >= 11 is 0. The Morgan fingerprint density at radius 1 is 1.09 bits per heavy atom. The van der Waals surface area contributed by atoms with Gasteiger partial charge in [0.25, 0.3) is 0 Å². The maximum Gasteiger partial charge on any atom is 0.337 e. The highest BCUT2D eigenvalue weighted by molar-refractivity contribution is 5.87. The molecule has 1 saturated heterocycles. The molecule has 0 unspecified atom stereocenters.